The smallest absolute Gasteiger partial charge is 0.227 e. The van der Waals surface area contributed by atoms with Crippen LogP contribution in [0, 0.1) is 0 Å². The topological polar surface area (TPSA) is 51.9 Å². The summed E-state index contributed by atoms with van der Waals surface area (Å²) < 4.78 is 0. The van der Waals surface area contributed by atoms with Crippen LogP contribution in [0.5, 0.6) is 0 Å². The lowest BCUT2D eigenvalue weighted by molar-refractivity contribution is 1.00. The summed E-state index contributed by atoms with van der Waals surface area (Å²) >= 11 is 1.47. The first-order valence-corrected chi connectivity index (χ1v) is 4.60. The molecule has 0 aliphatic rings. The van der Waals surface area contributed by atoms with E-state index in [-0.39, 0.29) is 0 Å². The molecule has 0 aliphatic heterocycles. The Labute approximate surface area is 79.6 Å². The molecule has 65 valence electrons. The van der Waals surface area contributed by atoms with E-state index < -0.39 is 0 Å². The van der Waals surface area contributed by atoms with Gasteiger partial charge in [0.05, 0.1) is 0 Å². The van der Waals surface area contributed by atoms with Gasteiger partial charge in [-0.2, -0.15) is 0 Å². The lowest BCUT2D eigenvalue weighted by Gasteiger charge is -2.00. The Morgan fingerprint density at radius 2 is 2.23 bits per heavy atom. The lowest BCUT2D eigenvalue weighted by atomic mass is 10.5. The fraction of sp³-hybridized carbons (Fsp3) is 0. The molecule has 0 saturated carbocycles. The molecule has 4 nitrogen and oxygen atoms in total. The minimum Gasteiger partial charge on any atom is -0.258 e. The van der Waals surface area contributed by atoms with E-state index in [0.717, 1.165) is 5.82 Å². The molecule has 5 heteroatoms. The Morgan fingerprint density at radius 1 is 1.23 bits per heavy atom. The van der Waals surface area contributed by atoms with Gasteiger partial charge in [0, 0.05) is 17.8 Å². The van der Waals surface area contributed by atoms with Crippen LogP contribution in [0.15, 0.2) is 36.0 Å². The Balaban J connectivity index is 1.94. The maximum absolute atomic E-state index is 4.05. The number of rotatable bonds is 3. The lowest BCUT2D eigenvalue weighted by Crippen LogP contribution is -2.07. The molecule has 1 N–H and O–H groups in total. The molecule has 0 bridgehead atoms. The number of nitrogens with zero attached hydrogens (tertiary/aromatic N) is 3. The zero-order valence-corrected chi connectivity index (χ0v) is 7.53. The van der Waals surface area contributed by atoms with E-state index in [0.29, 0.717) is 5.13 Å². The number of hydrogen-bond donors (Lipinski definition) is 1. The second-order valence-electron chi connectivity index (χ2n) is 2.25. The molecular weight excluding hydrogens is 184 g/mol. The summed E-state index contributed by atoms with van der Waals surface area (Å²) in [5.74, 6) is 0.720. The molecule has 0 amide bonds. The second kappa shape index (κ2) is 3.86. The highest BCUT2D eigenvalue weighted by Gasteiger charge is 1.95. The molecule has 0 spiro atoms. The van der Waals surface area contributed by atoms with Crippen molar-refractivity contribution in [2.45, 2.75) is 0 Å². The van der Waals surface area contributed by atoms with Crippen molar-refractivity contribution in [3.05, 3.63) is 36.0 Å². The average Bonchev–Trinajstić information content (AvgIpc) is 2.69. The van der Waals surface area contributed by atoms with Crippen LogP contribution < -0.4 is 10.9 Å². The maximum atomic E-state index is 4.05. The molecular formula is C8H7N4S. The SMILES string of the molecule is c1ccc(N[N]c2nccs2)nc1. The Bertz CT molecular complexity index is 346. The van der Waals surface area contributed by atoms with Crippen molar-refractivity contribution in [3.63, 3.8) is 0 Å². The van der Waals surface area contributed by atoms with Crippen molar-refractivity contribution in [1.29, 1.82) is 0 Å². The second-order valence-corrected chi connectivity index (χ2v) is 3.13. The van der Waals surface area contributed by atoms with E-state index >= 15 is 0 Å². The summed E-state index contributed by atoms with van der Waals surface area (Å²) in [6.45, 7) is 0. The number of anilines is 1. The monoisotopic (exact) mass is 191 g/mol. The molecule has 13 heavy (non-hydrogen) atoms. The van der Waals surface area contributed by atoms with Gasteiger partial charge in [0.2, 0.25) is 5.13 Å². The predicted molar refractivity (Wildman–Crippen MR) is 51.8 cm³/mol. The van der Waals surface area contributed by atoms with Gasteiger partial charge in [-0.15, -0.1) is 16.8 Å². The first-order valence-electron chi connectivity index (χ1n) is 3.72. The molecule has 0 aliphatic carbocycles. The normalized spacial score (nSPS) is 9.54. The minimum absolute atomic E-state index is 0.700. The quantitative estimate of drug-likeness (QED) is 0.752. The van der Waals surface area contributed by atoms with E-state index in [1.807, 2.05) is 23.6 Å². The first-order chi connectivity index (χ1) is 6.45. The molecule has 2 aromatic heterocycles. The van der Waals surface area contributed by atoms with E-state index in [1.54, 1.807) is 12.4 Å². The van der Waals surface area contributed by atoms with Crippen LogP contribution in [0.1, 0.15) is 0 Å². The van der Waals surface area contributed by atoms with Gasteiger partial charge >= 0.3 is 0 Å². The summed E-state index contributed by atoms with van der Waals surface area (Å²) in [5.41, 5.74) is 6.84. The van der Waals surface area contributed by atoms with Gasteiger partial charge in [-0.25, -0.2) is 9.97 Å². The average molecular weight is 191 g/mol. The van der Waals surface area contributed by atoms with Gasteiger partial charge in [0.1, 0.15) is 5.82 Å². The molecule has 0 unspecified atom stereocenters. The maximum Gasteiger partial charge on any atom is 0.227 e. The van der Waals surface area contributed by atoms with Crippen LogP contribution in [0.2, 0.25) is 0 Å². The summed E-state index contributed by atoms with van der Waals surface area (Å²) in [6, 6.07) is 5.60. The third-order valence-electron chi connectivity index (χ3n) is 1.35. The van der Waals surface area contributed by atoms with Crippen molar-refractivity contribution in [2.24, 2.45) is 0 Å². The molecule has 2 aromatic rings. The fourth-order valence-corrected chi connectivity index (χ4v) is 1.27. The summed E-state index contributed by atoms with van der Waals surface area (Å²) in [5, 5.41) is 2.57. The highest BCUT2D eigenvalue weighted by Crippen LogP contribution is 2.10. The van der Waals surface area contributed by atoms with Gasteiger partial charge in [0.25, 0.3) is 0 Å². The molecule has 0 atom stereocenters. The zero-order valence-electron chi connectivity index (χ0n) is 6.71. The van der Waals surface area contributed by atoms with Crippen LogP contribution in [0.4, 0.5) is 10.9 Å². The highest BCUT2D eigenvalue weighted by atomic mass is 32.1. The van der Waals surface area contributed by atoms with E-state index in [4.69, 9.17) is 0 Å². The van der Waals surface area contributed by atoms with Crippen molar-refractivity contribution >= 4 is 22.3 Å². The van der Waals surface area contributed by atoms with Crippen LogP contribution in [0.3, 0.4) is 0 Å². The Hall–Kier alpha value is -1.62. The zero-order chi connectivity index (χ0) is 8.93. The van der Waals surface area contributed by atoms with Gasteiger partial charge < -0.3 is 0 Å². The minimum atomic E-state index is 0.700. The van der Waals surface area contributed by atoms with Crippen molar-refractivity contribution in [1.82, 2.24) is 15.4 Å². The van der Waals surface area contributed by atoms with Crippen LogP contribution in [-0.2, 0) is 0 Å². The van der Waals surface area contributed by atoms with Gasteiger partial charge in [0.15, 0.2) is 0 Å². The number of hydrogen-bond acceptors (Lipinski definition) is 4. The van der Waals surface area contributed by atoms with Crippen LogP contribution >= 0.6 is 11.3 Å². The third-order valence-corrected chi connectivity index (χ3v) is 2.02. The van der Waals surface area contributed by atoms with Crippen molar-refractivity contribution < 1.29 is 0 Å². The molecule has 1 radical (unpaired) electrons. The van der Waals surface area contributed by atoms with Crippen LogP contribution in [-0.4, -0.2) is 9.97 Å². The molecule has 2 rings (SSSR count). The van der Waals surface area contributed by atoms with Crippen LogP contribution in [0.25, 0.3) is 0 Å². The Kier molecular flexibility index (Phi) is 2.38. The molecule has 0 fully saturated rings. The predicted octanol–water partition coefficient (Wildman–Crippen LogP) is 1.80. The van der Waals surface area contributed by atoms with Gasteiger partial charge in [-0.1, -0.05) is 6.07 Å². The highest BCUT2D eigenvalue weighted by molar-refractivity contribution is 7.13. The summed E-state index contributed by atoms with van der Waals surface area (Å²) in [4.78, 5) is 8.04. The van der Waals surface area contributed by atoms with Gasteiger partial charge in [-0.3, -0.25) is 5.43 Å². The summed E-state index contributed by atoms with van der Waals surface area (Å²) in [7, 11) is 0. The third kappa shape index (κ3) is 2.16. The number of pyridine rings is 1. The number of nitrogens with one attached hydrogen (secondary N) is 1. The van der Waals surface area contributed by atoms with Gasteiger partial charge in [-0.05, 0) is 12.1 Å². The van der Waals surface area contributed by atoms with E-state index in [9.17, 15) is 0 Å². The molecule has 2 heterocycles. The molecule has 0 aromatic carbocycles. The van der Waals surface area contributed by atoms with E-state index in [1.165, 1.54) is 11.3 Å². The number of aromatic nitrogens is 2. The fourth-order valence-electron chi connectivity index (χ4n) is 0.805. The van der Waals surface area contributed by atoms with Crippen molar-refractivity contribution in [2.75, 3.05) is 5.43 Å². The first kappa shape index (κ1) is 8.00. The summed E-state index contributed by atoms with van der Waals surface area (Å²) in [6.07, 6.45) is 3.42. The van der Waals surface area contributed by atoms with Crippen molar-refractivity contribution in [3.8, 4) is 0 Å². The van der Waals surface area contributed by atoms with E-state index in [2.05, 4.69) is 20.8 Å². The standard InChI is InChI=1S/C8H7N4S/c1-2-4-9-7(3-1)11-12-8-10-5-6-13-8/h1-6H,(H,9,11). The molecule has 0 saturated heterocycles. The number of thiazole rings is 1. The Morgan fingerprint density at radius 3 is 2.92 bits per heavy atom. The largest absolute Gasteiger partial charge is 0.258 e.